The summed E-state index contributed by atoms with van der Waals surface area (Å²) < 4.78 is 10.7. The lowest BCUT2D eigenvalue weighted by Crippen LogP contribution is -1.85. The van der Waals surface area contributed by atoms with Crippen molar-refractivity contribution in [2.75, 3.05) is 14.2 Å². The van der Waals surface area contributed by atoms with E-state index in [1.54, 1.807) is 14.2 Å². The summed E-state index contributed by atoms with van der Waals surface area (Å²) in [4.78, 5) is 0. The number of benzene rings is 5. The molecule has 0 aliphatic rings. The second-order valence-corrected chi connectivity index (χ2v) is 7.41. The summed E-state index contributed by atoms with van der Waals surface area (Å²) in [5, 5.41) is 7.46. The van der Waals surface area contributed by atoms with Crippen LogP contribution in [0.5, 0.6) is 11.5 Å². The van der Waals surface area contributed by atoms with Crippen LogP contribution in [0, 0.1) is 0 Å². The van der Waals surface area contributed by atoms with Gasteiger partial charge in [0, 0.05) is 0 Å². The van der Waals surface area contributed by atoms with Crippen LogP contribution in [0.25, 0.3) is 44.5 Å². The normalized spacial score (nSPS) is 11.5. The Kier molecular flexibility index (Phi) is 4.61. The molecule has 0 N–H and O–H groups in total. The standard InChI is InChI=1S/C28H22O2/c1-29-24-5-3-4-19(16-24)6-7-20-8-9-21-10-11-22-12-13-23-18-25(30-2)14-15-26(23)28(22)27(21)17-20/h3-18H,1-2H3/b7-6+. The van der Waals surface area contributed by atoms with E-state index in [0.717, 1.165) is 17.1 Å². The van der Waals surface area contributed by atoms with E-state index >= 15 is 0 Å². The molecule has 2 heteroatoms. The van der Waals surface area contributed by atoms with Gasteiger partial charge in [-0.15, -0.1) is 0 Å². The minimum Gasteiger partial charge on any atom is -0.497 e. The molecule has 0 fully saturated rings. The zero-order valence-corrected chi connectivity index (χ0v) is 17.1. The average Bonchev–Trinajstić information content (AvgIpc) is 2.81. The Hall–Kier alpha value is -3.78. The molecule has 0 aliphatic heterocycles. The Labute approximate surface area is 176 Å². The topological polar surface area (TPSA) is 18.5 Å². The van der Waals surface area contributed by atoms with Crippen molar-refractivity contribution in [1.29, 1.82) is 0 Å². The summed E-state index contributed by atoms with van der Waals surface area (Å²) in [5.74, 6) is 1.74. The maximum Gasteiger partial charge on any atom is 0.119 e. The molecule has 0 saturated carbocycles. The summed E-state index contributed by atoms with van der Waals surface area (Å²) in [7, 11) is 3.40. The fourth-order valence-corrected chi connectivity index (χ4v) is 4.05. The first-order chi connectivity index (χ1) is 14.7. The molecule has 30 heavy (non-hydrogen) atoms. The molecular weight excluding hydrogens is 368 g/mol. The van der Waals surface area contributed by atoms with Gasteiger partial charge < -0.3 is 9.47 Å². The summed E-state index contributed by atoms with van der Waals surface area (Å²) in [6, 6.07) is 29.8. The van der Waals surface area contributed by atoms with Crippen molar-refractivity contribution >= 4 is 44.5 Å². The highest BCUT2D eigenvalue weighted by Gasteiger charge is 2.07. The molecule has 146 valence electrons. The van der Waals surface area contributed by atoms with Crippen LogP contribution >= 0.6 is 0 Å². The SMILES string of the molecule is COc1cccc(/C=C/c2ccc3ccc4ccc5cc(OC)ccc5c4c3c2)c1. The number of ether oxygens (including phenoxy) is 2. The summed E-state index contributed by atoms with van der Waals surface area (Å²) in [6.07, 6.45) is 4.28. The predicted octanol–water partition coefficient (Wildman–Crippen LogP) is 7.33. The van der Waals surface area contributed by atoms with Gasteiger partial charge in [-0.05, 0) is 73.8 Å². The maximum absolute atomic E-state index is 5.41. The molecule has 0 aliphatic carbocycles. The van der Waals surface area contributed by atoms with Crippen LogP contribution in [0.3, 0.4) is 0 Å². The zero-order valence-electron chi connectivity index (χ0n) is 17.1. The first kappa shape index (κ1) is 18.3. The van der Waals surface area contributed by atoms with Gasteiger partial charge in [0.2, 0.25) is 0 Å². The van der Waals surface area contributed by atoms with E-state index < -0.39 is 0 Å². The molecule has 5 rings (SSSR count). The van der Waals surface area contributed by atoms with E-state index in [-0.39, 0.29) is 0 Å². The van der Waals surface area contributed by atoms with Crippen molar-refractivity contribution in [3.05, 3.63) is 96.1 Å². The summed E-state index contributed by atoms with van der Waals surface area (Å²) >= 11 is 0. The highest BCUT2D eigenvalue weighted by molar-refractivity contribution is 6.20. The van der Waals surface area contributed by atoms with E-state index in [1.807, 2.05) is 24.3 Å². The Morgan fingerprint density at radius 2 is 1.20 bits per heavy atom. The Morgan fingerprint density at radius 1 is 0.533 bits per heavy atom. The first-order valence-electron chi connectivity index (χ1n) is 10.0. The van der Waals surface area contributed by atoms with E-state index in [2.05, 4.69) is 72.8 Å². The monoisotopic (exact) mass is 390 g/mol. The second-order valence-electron chi connectivity index (χ2n) is 7.41. The van der Waals surface area contributed by atoms with Crippen molar-refractivity contribution in [2.24, 2.45) is 0 Å². The molecule has 0 atom stereocenters. The van der Waals surface area contributed by atoms with Crippen LogP contribution in [0.2, 0.25) is 0 Å². The van der Waals surface area contributed by atoms with Gasteiger partial charge in [-0.2, -0.15) is 0 Å². The number of hydrogen-bond donors (Lipinski definition) is 0. The van der Waals surface area contributed by atoms with E-state index in [0.29, 0.717) is 0 Å². The Balaban J connectivity index is 1.67. The number of fused-ring (bicyclic) bond motifs is 5. The first-order valence-corrected chi connectivity index (χ1v) is 10.0. The lowest BCUT2D eigenvalue weighted by Gasteiger charge is -2.10. The third-order valence-electron chi connectivity index (χ3n) is 5.61. The lowest BCUT2D eigenvalue weighted by atomic mass is 9.95. The van der Waals surface area contributed by atoms with Crippen LogP contribution in [0.15, 0.2) is 84.9 Å². The van der Waals surface area contributed by atoms with Gasteiger partial charge in [-0.3, -0.25) is 0 Å². The third-order valence-corrected chi connectivity index (χ3v) is 5.61. The van der Waals surface area contributed by atoms with E-state index in [4.69, 9.17) is 9.47 Å². The van der Waals surface area contributed by atoms with Crippen LogP contribution < -0.4 is 9.47 Å². The fourth-order valence-electron chi connectivity index (χ4n) is 4.05. The smallest absolute Gasteiger partial charge is 0.119 e. The Bertz CT molecular complexity index is 1410. The number of hydrogen-bond acceptors (Lipinski definition) is 2. The van der Waals surface area contributed by atoms with Crippen molar-refractivity contribution in [3.63, 3.8) is 0 Å². The molecular formula is C28H22O2. The molecule has 0 spiro atoms. The fraction of sp³-hybridized carbons (Fsp3) is 0.0714. The van der Waals surface area contributed by atoms with Crippen LogP contribution in [-0.2, 0) is 0 Å². The highest BCUT2D eigenvalue weighted by atomic mass is 16.5. The number of rotatable bonds is 4. The summed E-state index contributed by atoms with van der Waals surface area (Å²) in [5.41, 5.74) is 2.29. The van der Waals surface area contributed by atoms with Gasteiger partial charge in [0.1, 0.15) is 11.5 Å². The van der Waals surface area contributed by atoms with Crippen LogP contribution in [0.1, 0.15) is 11.1 Å². The van der Waals surface area contributed by atoms with E-state index in [9.17, 15) is 0 Å². The molecule has 0 saturated heterocycles. The second kappa shape index (κ2) is 7.57. The van der Waals surface area contributed by atoms with E-state index in [1.165, 1.54) is 37.9 Å². The van der Waals surface area contributed by atoms with Crippen LogP contribution in [-0.4, -0.2) is 14.2 Å². The van der Waals surface area contributed by atoms with Crippen LogP contribution in [0.4, 0.5) is 0 Å². The van der Waals surface area contributed by atoms with Gasteiger partial charge in [0.15, 0.2) is 0 Å². The van der Waals surface area contributed by atoms with Crippen molar-refractivity contribution in [2.45, 2.75) is 0 Å². The quantitative estimate of drug-likeness (QED) is 0.236. The molecule has 0 aromatic heterocycles. The predicted molar refractivity (Wildman–Crippen MR) is 127 cm³/mol. The third kappa shape index (κ3) is 3.27. The minimum absolute atomic E-state index is 0.864. The van der Waals surface area contributed by atoms with Gasteiger partial charge in [-0.1, -0.05) is 66.7 Å². The van der Waals surface area contributed by atoms with Gasteiger partial charge in [0.25, 0.3) is 0 Å². The largest absolute Gasteiger partial charge is 0.497 e. The molecule has 0 unspecified atom stereocenters. The van der Waals surface area contributed by atoms with Gasteiger partial charge in [0.05, 0.1) is 14.2 Å². The van der Waals surface area contributed by atoms with Crippen molar-refractivity contribution in [1.82, 2.24) is 0 Å². The van der Waals surface area contributed by atoms with Gasteiger partial charge in [-0.25, -0.2) is 0 Å². The van der Waals surface area contributed by atoms with Crippen molar-refractivity contribution < 1.29 is 9.47 Å². The zero-order chi connectivity index (χ0) is 20.5. The Morgan fingerprint density at radius 3 is 2.00 bits per heavy atom. The molecule has 0 radical (unpaired) electrons. The molecule has 0 heterocycles. The van der Waals surface area contributed by atoms with Gasteiger partial charge >= 0.3 is 0 Å². The molecule has 2 nitrogen and oxygen atoms in total. The lowest BCUT2D eigenvalue weighted by molar-refractivity contribution is 0.414. The molecule has 5 aromatic carbocycles. The molecule has 0 bridgehead atoms. The van der Waals surface area contributed by atoms with Crippen molar-refractivity contribution in [3.8, 4) is 11.5 Å². The maximum atomic E-state index is 5.41. The molecule has 0 amide bonds. The number of methoxy groups -OCH3 is 2. The highest BCUT2D eigenvalue weighted by Crippen LogP contribution is 2.34. The summed E-state index contributed by atoms with van der Waals surface area (Å²) in [6.45, 7) is 0. The minimum atomic E-state index is 0.864. The molecule has 5 aromatic rings. The average molecular weight is 390 g/mol.